The number of carbonyl (C=O) groups is 1. The smallest absolute Gasteiger partial charge is 0.319 e. The second-order valence-electron chi connectivity index (χ2n) is 4.66. The molecule has 1 aromatic rings. The normalized spacial score (nSPS) is 11.7. The molecule has 0 bridgehead atoms. The second-order valence-corrected chi connectivity index (χ2v) is 4.66. The van der Waals surface area contributed by atoms with Crippen molar-refractivity contribution in [3.8, 4) is 6.07 Å². The number of anilines is 1. The molecule has 0 heterocycles. The number of hydrogen-bond acceptors (Lipinski definition) is 2. The number of carbonyl (C=O) groups excluding carboxylic acids is 1. The molecule has 2 amide bonds. The Morgan fingerprint density at radius 3 is 2.39 bits per heavy atom. The first-order valence-electron chi connectivity index (χ1n) is 6.06. The van der Waals surface area contributed by atoms with Crippen LogP contribution in [0.2, 0.25) is 0 Å². The molecule has 0 saturated carbocycles. The van der Waals surface area contributed by atoms with Gasteiger partial charge in [-0.2, -0.15) is 5.26 Å². The van der Waals surface area contributed by atoms with Crippen LogP contribution in [0.1, 0.15) is 26.3 Å². The van der Waals surface area contributed by atoms with Crippen molar-refractivity contribution in [2.75, 3.05) is 5.32 Å². The van der Waals surface area contributed by atoms with Gasteiger partial charge in [0, 0.05) is 11.7 Å². The van der Waals surface area contributed by atoms with E-state index in [0.717, 1.165) is 11.3 Å². The largest absolute Gasteiger partial charge is 0.335 e. The molecule has 0 spiro atoms. The van der Waals surface area contributed by atoms with E-state index in [4.69, 9.17) is 5.26 Å². The van der Waals surface area contributed by atoms with Crippen molar-refractivity contribution in [1.82, 2.24) is 5.32 Å². The van der Waals surface area contributed by atoms with Crippen molar-refractivity contribution < 1.29 is 4.79 Å². The molecule has 0 aromatic heterocycles. The van der Waals surface area contributed by atoms with Crippen LogP contribution in [0.25, 0.3) is 0 Å². The van der Waals surface area contributed by atoms with Crippen molar-refractivity contribution in [2.24, 2.45) is 5.92 Å². The third-order valence-corrected chi connectivity index (χ3v) is 2.85. The van der Waals surface area contributed by atoms with Crippen LogP contribution in [0.15, 0.2) is 24.3 Å². The Balaban J connectivity index is 2.52. The molecule has 96 valence electrons. The minimum atomic E-state index is -0.204. The maximum atomic E-state index is 11.7. The van der Waals surface area contributed by atoms with Crippen molar-refractivity contribution in [2.45, 2.75) is 33.2 Å². The van der Waals surface area contributed by atoms with Crippen LogP contribution in [0.3, 0.4) is 0 Å². The van der Waals surface area contributed by atoms with E-state index in [-0.39, 0.29) is 12.1 Å². The molecule has 4 nitrogen and oxygen atoms in total. The van der Waals surface area contributed by atoms with Gasteiger partial charge in [0.1, 0.15) is 0 Å². The van der Waals surface area contributed by atoms with E-state index in [9.17, 15) is 4.79 Å². The maximum Gasteiger partial charge on any atom is 0.319 e. The highest BCUT2D eigenvalue weighted by molar-refractivity contribution is 5.89. The standard InChI is InChI=1S/C14H19N3O/c1-10(2)11(3)16-14(18)17-13-6-4-12(5-7-13)8-9-15/h4-7,10-11H,8H2,1-3H3,(H2,16,17,18). The van der Waals surface area contributed by atoms with E-state index in [2.05, 4.69) is 30.6 Å². The highest BCUT2D eigenvalue weighted by Crippen LogP contribution is 2.10. The van der Waals surface area contributed by atoms with Crippen molar-refractivity contribution in [1.29, 1.82) is 5.26 Å². The Hall–Kier alpha value is -2.02. The first-order valence-corrected chi connectivity index (χ1v) is 6.06. The summed E-state index contributed by atoms with van der Waals surface area (Å²) < 4.78 is 0. The molecule has 0 aliphatic heterocycles. The summed E-state index contributed by atoms with van der Waals surface area (Å²) in [5.41, 5.74) is 1.67. The lowest BCUT2D eigenvalue weighted by molar-refractivity contribution is 0.246. The Kier molecular flexibility index (Phi) is 5.19. The monoisotopic (exact) mass is 245 g/mol. The van der Waals surface area contributed by atoms with Crippen LogP contribution < -0.4 is 10.6 Å². The summed E-state index contributed by atoms with van der Waals surface area (Å²) in [6, 6.07) is 9.28. The first kappa shape index (κ1) is 14.0. The fraction of sp³-hybridized carbons (Fsp3) is 0.429. The van der Waals surface area contributed by atoms with Gasteiger partial charge < -0.3 is 10.6 Å². The van der Waals surface area contributed by atoms with Gasteiger partial charge >= 0.3 is 6.03 Å². The molecule has 0 saturated heterocycles. The molecule has 1 atom stereocenters. The average molecular weight is 245 g/mol. The Morgan fingerprint density at radius 1 is 1.28 bits per heavy atom. The third-order valence-electron chi connectivity index (χ3n) is 2.85. The molecule has 1 aromatic carbocycles. The Labute approximate surface area is 108 Å². The van der Waals surface area contributed by atoms with E-state index in [0.29, 0.717) is 12.3 Å². The summed E-state index contributed by atoms with van der Waals surface area (Å²) in [4.78, 5) is 11.7. The molecule has 18 heavy (non-hydrogen) atoms. The Bertz CT molecular complexity index is 431. The van der Waals surface area contributed by atoms with Crippen LogP contribution in [0.4, 0.5) is 10.5 Å². The highest BCUT2D eigenvalue weighted by atomic mass is 16.2. The van der Waals surface area contributed by atoms with Gasteiger partial charge in [-0.05, 0) is 30.5 Å². The molecule has 0 aliphatic carbocycles. The van der Waals surface area contributed by atoms with Crippen molar-refractivity contribution >= 4 is 11.7 Å². The molecule has 1 rings (SSSR count). The summed E-state index contributed by atoms with van der Waals surface area (Å²) in [5.74, 6) is 0.397. The number of rotatable bonds is 4. The highest BCUT2D eigenvalue weighted by Gasteiger charge is 2.10. The van der Waals surface area contributed by atoms with E-state index >= 15 is 0 Å². The minimum absolute atomic E-state index is 0.128. The predicted molar refractivity (Wildman–Crippen MR) is 72.2 cm³/mol. The lowest BCUT2D eigenvalue weighted by atomic mass is 10.1. The summed E-state index contributed by atoms with van der Waals surface area (Å²) in [7, 11) is 0. The fourth-order valence-electron chi connectivity index (χ4n) is 1.34. The number of benzene rings is 1. The number of urea groups is 1. The number of nitrogens with one attached hydrogen (secondary N) is 2. The van der Waals surface area contributed by atoms with Gasteiger partial charge in [0.15, 0.2) is 0 Å². The first-order chi connectivity index (χ1) is 8.52. The summed E-state index contributed by atoms with van der Waals surface area (Å²) in [6.07, 6.45) is 0.386. The van der Waals surface area contributed by atoms with Gasteiger partial charge in [-0.25, -0.2) is 4.79 Å². The molecule has 0 fully saturated rings. The third kappa shape index (κ3) is 4.46. The van der Waals surface area contributed by atoms with Gasteiger partial charge in [0.25, 0.3) is 0 Å². The maximum absolute atomic E-state index is 11.7. The number of hydrogen-bond donors (Lipinski definition) is 2. The minimum Gasteiger partial charge on any atom is -0.335 e. The number of nitriles is 1. The zero-order valence-corrected chi connectivity index (χ0v) is 11.0. The molecule has 0 radical (unpaired) electrons. The number of amides is 2. The molecule has 2 N–H and O–H groups in total. The quantitative estimate of drug-likeness (QED) is 0.856. The van der Waals surface area contributed by atoms with Gasteiger partial charge in [-0.3, -0.25) is 0 Å². The molecule has 4 heteroatoms. The van der Waals surface area contributed by atoms with Gasteiger partial charge in [-0.15, -0.1) is 0 Å². The molecule has 1 unspecified atom stereocenters. The zero-order valence-electron chi connectivity index (χ0n) is 11.0. The topological polar surface area (TPSA) is 64.9 Å². The summed E-state index contributed by atoms with van der Waals surface area (Å²) in [6.45, 7) is 6.09. The van der Waals surface area contributed by atoms with Crippen LogP contribution in [-0.2, 0) is 6.42 Å². The van der Waals surface area contributed by atoms with Gasteiger partial charge in [0.05, 0.1) is 12.5 Å². The van der Waals surface area contributed by atoms with Crippen LogP contribution in [0, 0.1) is 17.2 Å². The number of nitrogens with zero attached hydrogens (tertiary/aromatic N) is 1. The average Bonchev–Trinajstić information content (AvgIpc) is 2.31. The second kappa shape index (κ2) is 6.65. The summed E-state index contributed by atoms with van der Waals surface area (Å²) >= 11 is 0. The van der Waals surface area contributed by atoms with Crippen molar-refractivity contribution in [3.05, 3.63) is 29.8 Å². The van der Waals surface area contributed by atoms with Gasteiger partial charge in [-0.1, -0.05) is 26.0 Å². The lowest BCUT2D eigenvalue weighted by Crippen LogP contribution is -2.38. The molecule has 0 aliphatic rings. The molecular weight excluding hydrogens is 226 g/mol. The Morgan fingerprint density at radius 2 is 1.89 bits per heavy atom. The fourth-order valence-corrected chi connectivity index (χ4v) is 1.34. The predicted octanol–water partition coefficient (Wildman–Crippen LogP) is 2.92. The van der Waals surface area contributed by atoms with Gasteiger partial charge in [0.2, 0.25) is 0 Å². The van der Waals surface area contributed by atoms with Crippen LogP contribution >= 0.6 is 0 Å². The van der Waals surface area contributed by atoms with Crippen LogP contribution in [-0.4, -0.2) is 12.1 Å². The lowest BCUT2D eigenvalue weighted by Gasteiger charge is -2.17. The van der Waals surface area contributed by atoms with Crippen molar-refractivity contribution in [3.63, 3.8) is 0 Å². The molecular formula is C14H19N3O. The van der Waals surface area contributed by atoms with E-state index in [1.165, 1.54) is 0 Å². The van der Waals surface area contributed by atoms with E-state index in [1.807, 2.05) is 19.1 Å². The zero-order chi connectivity index (χ0) is 13.5. The van der Waals surface area contributed by atoms with Crippen LogP contribution in [0.5, 0.6) is 0 Å². The summed E-state index contributed by atoms with van der Waals surface area (Å²) in [5, 5.41) is 14.2. The SMILES string of the molecule is CC(C)C(C)NC(=O)Nc1ccc(CC#N)cc1. The van der Waals surface area contributed by atoms with E-state index < -0.39 is 0 Å². The van der Waals surface area contributed by atoms with E-state index in [1.54, 1.807) is 12.1 Å².